The van der Waals surface area contributed by atoms with E-state index in [9.17, 15) is 15.5 Å². The van der Waals surface area contributed by atoms with Gasteiger partial charge in [-0.15, -0.1) is 0 Å². The molecule has 0 aromatic heterocycles. The third-order valence-electron chi connectivity index (χ3n) is 4.07. The van der Waals surface area contributed by atoms with Gasteiger partial charge in [0.2, 0.25) is 0 Å². The molecule has 3 N–H and O–H groups in total. The molecular weight excluding hydrogens is 318 g/mol. The van der Waals surface area contributed by atoms with Crippen LogP contribution in [0.3, 0.4) is 0 Å². The van der Waals surface area contributed by atoms with Crippen molar-refractivity contribution in [3.05, 3.63) is 83.1 Å². The van der Waals surface area contributed by atoms with E-state index in [1.165, 1.54) is 0 Å². The number of aromatic hydroxyl groups is 1. The second-order valence-corrected chi connectivity index (χ2v) is 5.73. The molecule has 128 valence electrons. The van der Waals surface area contributed by atoms with Crippen LogP contribution in [0.2, 0.25) is 0 Å². The first-order chi connectivity index (χ1) is 12.1. The molecule has 0 heterocycles. The van der Waals surface area contributed by atoms with Crippen LogP contribution in [0, 0.1) is 5.21 Å². The third kappa shape index (κ3) is 3.80. The van der Waals surface area contributed by atoms with Gasteiger partial charge in [-0.25, -0.2) is 5.21 Å². The minimum absolute atomic E-state index is 0.227. The molecule has 3 aromatic carbocycles. The van der Waals surface area contributed by atoms with E-state index >= 15 is 0 Å². The number of rotatable bonds is 5. The van der Waals surface area contributed by atoms with Gasteiger partial charge < -0.3 is 15.1 Å². The standard InChI is InChI=1S/C20H19NO4/c1-25-20-10-9-14(11-16-5-2-3-8-19(16)22)12-18(20)15-6-4-7-17(13-15)21(23)24/h2-10,12-13,21-23H,11H2,1H3. The zero-order valence-corrected chi connectivity index (χ0v) is 13.8. The highest BCUT2D eigenvalue weighted by Crippen LogP contribution is 2.33. The first-order valence-electron chi connectivity index (χ1n) is 7.86. The molecule has 0 aliphatic heterocycles. The predicted molar refractivity (Wildman–Crippen MR) is 95.1 cm³/mol. The first kappa shape index (κ1) is 17.0. The van der Waals surface area contributed by atoms with Crippen LogP contribution in [-0.4, -0.2) is 17.4 Å². The van der Waals surface area contributed by atoms with Crippen molar-refractivity contribution < 1.29 is 20.3 Å². The summed E-state index contributed by atoms with van der Waals surface area (Å²) in [6.07, 6.45) is 0.572. The largest absolute Gasteiger partial charge is 0.595 e. The Bertz CT molecular complexity index is 877. The number of phenols is 1. The highest BCUT2D eigenvalue weighted by atomic mass is 16.8. The number of benzene rings is 3. The second-order valence-electron chi connectivity index (χ2n) is 5.73. The van der Waals surface area contributed by atoms with Crippen LogP contribution in [0.1, 0.15) is 11.1 Å². The van der Waals surface area contributed by atoms with E-state index in [0.29, 0.717) is 12.2 Å². The summed E-state index contributed by atoms with van der Waals surface area (Å²) in [6.45, 7) is 0. The zero-order valence-electron chi connectivity index (χ0n) is 13.8. The van der Waals surface area contributed by atoms with Crippen molar-refractivity contribution in [1.82, 2.24) is 0 Å². The summed E-state index contributed by atoms with van der Waals surface area (Å²) in [4.78, 5) is 0. The highest BCUT2D eigenvalue weighted by Gasteiger charge is 2.11. The number of phenolic OH excluding ortho intramolecular Hbond substituents is 1. The van der Waals surface area contributed by atoms with E-state index in [-0.39, 0.29) is 11.4 Å². The van der Waals surface area contributed by atoms with Crippen LogP contribution >= 0.6 is 0 Å². The Morgan fingerprint density at radius 3 is 2.52 bits per heavy atom. The fourth-order valence-electron chi connectivity index (χ4n) is 2.79. The summed E-state index contributed by atoms with van der Waals surface area (Å²) < 4.78 is 5.43. The first-order valence-corrected chi connectivity index (χ1v) is 7.86. The Hall–Kier alpha value is -2.86. The molecule has 0 bridgehead atoms. The molecule has 0 spiro atoms. The highest BCUT2D eigenvalue weighted by molar-refractivity contribution is 5.73. The molecule has 0 saturated carbocycles. The number of nitrogens with one attached hydrogen (secondary N) is 1. The molecule has 0 aliphatic rings. The number of ether oxygens (including phenoxy) is 1. The summed E-state index contributed by atoms with van der Waals surface area (Å²) >= 11 is 0. The molecule has 0 fully saturated rings. The lowest BCUT2D eigenvalue weighted by Crippen LogP contribution is -2.99. The second kappa shape index (κ2) is 7.36. The Labute approximate surface area is 145 Å². The maximum Gasteiger partial charge on any atom is 0.164 e. The zero-order chi connectivity index (χ0) is 17.8. The lowest BCUT2D eigenvalue weighted by atomic mass is 9.97. The van der Waals surface area contributed by atoms with Crippen molar-refractivity contribution in [3.63, 3.8) is 0 Å². The number of hydrogen-bond acceptors (Lipinski definition) is 4. The van der Waals surface area contributed by atoms with Crippen molar-refractivity contribution in [3.8, 4) is 22.6 Å². The van der Waals surface area contributed by atoms with Crippen LogP contribution in [0.25, 0.3) is 11.1 Å². The Kier molecular flexibility index (Phi) is 5.00. The van der Waals surface area contributed by atoms with Gasteiger partial charge in [0.05, 0.1) is 7.11 Å². The van der Waals surface area contributed by atoms with E-state index in [4.69, 9.17) is 4.74 Å². The van der Waals surface area contributed by atoms with Crippen LogP contribution in [0.5, 0.6) is 11.5 Å². The van der Waals surface area contributed by atoms with Crippen molar-refractivity contribution >= 4 is 5.69 Å². The fraction of sp³-hybridized carbons (Fsp3) is 0.100. The minimum atomic E-state index is -0.967. The maximum atomic E-state index is 11.2. The molecule has 3 rings (SSSR count). The van der Waals surface area contributed by atoms with E-state index in [2.05, 4.69) is 0 Å². The van der Waals surface area contributed by atoms with E-state index in [1.54, 1.807) is 37.4 Å². The number of methoxy groups -OCH3 is 1. The maximum absolute atomic E-state index is 11.2. The van der Waals surface area contributed by atoms with Crippen molar-refractivity contribution in [2.45, 2.75) is 6.42 Å². The van der Waals surface area contributed by atoms with Gasteiger partial charge in [0, 0.05) is 24.1 Å². The molecule has 0 radical (unpaired) electrons. The van der Waals surface area contributed by atoms with Crippen LogP contribution in [0.4, 0.5) is 5.69 Å². The van der Waals surface area contributed by atoms with Gasteiger partial charge in [0.1, 0.15) is 11.5 Å². The van der Waals surface area contributed by atoms with Gasteiger partial charge in [-0.3, -0.25) is 0 Å². The van der Waals surface area contributed by atoms with Crippen LogP contribution in [0.15, 0.2) is 66.7 Å². The molecule has 0 aliphatic carbocycles. The summed E-state index contributed by atoms with van der Waals surface area (Å²) in [7, 11) is 1.59. The SMILES string of the molecule is COc1ccc(Cc2ccccc2O)cc1-c1cccc([NH+]([O-])O)c1. The van der Waals surface area contributed by atoms with Gasteiger partial charge >= 0.3 is 0 Å². The van der Waals surface area contributed by atoms with Crippen molar-refractivity contribution in [2.24, 2.45) is 0 Å². The Morgan fingerprint density at radius 2 is 1.80 bits per heavy atom. The molecule has 0 amide bonds. The molecular formula is C20H19NO4. The fourth-order valence-corrected chi connectivity index (χ4v) is 2.79. The molecule has 0 saturated heterocycles. The van der Waals surface area contributed by atoms with E-state index < -0.39 is 5.23 Å². The molecule has 1 unspecified atom stereocenters. The molecule has 1 atom stereocenters. The van der Waals surface area contributed by atoms with Crippen LogP contribution < -0.4 is 9.96 Å². The number of para-hydroxylation sites is 1. The summed E-state index contributed by atoms with van der Waals surface area (Å²) in [5, 5.41) is 29.4. The van der Waals surface area contributed by atoms with Gasteiger partial charge in [0.25, 0.3) is 0 Å². The molecule has 5 heteroatoms. The average Bonchev–Trinajstić information content (AvgIpc) is 2.63. The number of hydrogen-bond donors (Lipinski definition) is 3. The van der Waals surface area contributed by atoms with Gasteiger partial charge in [-0.2, -0.15) is 5.23 Å². The molecule has 25 heavy (non-hydrogen) atoms. The third-order valence-corrected chi connectivity index (χ3v) is 4.07. The summed E-state index contributed by atoms with van der Waals surface area (Å²) in [5.74, 6) is 0.927. The van der Waals surface area contributed by atoms with Gasteiger partial charge in [-0.05, 0) is 34.9 Å². The van der Waals surface area contributed by atoms with Gasteiger partial charge in [-0.1, -0.05) is 36.4 Å². The number of quaternary nitrogens is 1. The minimum Gasteiger partial charge on any atom is -0.595 e. The average molecular weight is 337 g/mol. The van der Waals surface area contributed by atoms with Crippen LogP contribution in [-0.2, 0) is 6.42 Å². The topological polar surface area (TPSA) is 77.2 Å². The lowest BCUT2D eigenvalue weighted by molar-refractivity contribution is -0.991. The predicted octanol–water partition coefficient (Wildman–Crippen LogP) is 3.06. The van der Waals surface area contributed by atoms with E-state index in [1.807, 2.05) is 36.4 Å². The quantitative estimate of drug-likeness (QED) is 0.625. The van der Waals surface area contributed by atoms with E-state index in [0.717, 1.165) is 22.3 Å². The monoisotopic (exact) mass is 337 g/mol. The molecule has 3 aromatic rings. The smallest absolute Gasteiger partial charge is 0.164 e. The van der Waals surface area contributed by atoms with Gasteiger partial charge in [0.15, 0.2) is 5.69 Å². The Morgan fingerprint density at radius 1 is 1.00 bits per heavy atom. The Balaban J connectivity index is 2.01. The normalized spacial score (nSPS) is 12.0. The molecule has 5 nitrogen and oxygen atoms in total. The summed E-state index contributed by atoms with van der Waals surface area (Å²) in [6, 6.07) is 19.7. The lowest BCUT2D eigenvalue weighted by Gasteiger charge is -2.15. The van der Waals surface area contributed by atoms with Crippen molar-refractivity contribution in [2.75, 3.05) is 7.11 Å². The van der Waals surface area contributed by atoms with Crippen molar-refractivity contribution in [1.29, 1.82) is 0 Å². The summed E-state index contributed by atoms with van der Waals surface area (Å²) in [5.41, 5.74) is 3.65.